The molecule has 0 saturated carbocycles. The first-order chi connectivity index (χ1) is 13.0. The van der Waals surface area contributed by atoms with Crippen molar-refractivity contribution in [2.24, 2.45) is 0 Å². The van der Waals surface area contributed by atoms with Crippen LogP contribution in [0.15, 0.2) is 50.7 Å². The van der Waals surface area contributed by atoms with Gasteiger partial charge in [0, 0.05) is 24.9 Å². The molecule has 0 N–H and O–H groups in total. The van der Waals surface area contributed by atoms with E-state index in [9.17, 15) is 9.59 Å². The lowest BCUT2D eigenvalue weighted by atomic mass is 10.1. The first-order valence-electron chi connectivity index (χ1n) is 8.52. The summed E-state index contributed by atoms with van der Waals surface area (Å²) in [7, 11) is 3.38. The van der Waals surface area contributed by atoms with Gasteiger partial charge in [0.2, 0.25) is 0 Å². The van der Waals surface area contributed by atoms with Crippen LogP contribution in [0.1, 0.15) is 19.8 Å². The number of rotatable bonds is 5. The van der Waals surface area contributed by atoms with E-state index in [0.29, 0.717) is 22.2 Å². The Morgan fingerprint density at radius 3 is 2.63 bits per heavy atom. The lowest BCUT2D eigenvalue weighted by Crippen LogP contribution is -2.27. The summed E-state index contributed by atoms with van der Waals surface area (Å²) in [6.07, 6.45) is 2.62. The maximum Gasteiger partial charge on any atom is 0.305 e. The monoisotopic (exact) mass is 420 g/mol. The fourth-order valence-corrected chi connectivity index (χ4v) is 5.48. The highest BCUT2D eigenvalue weighted by Gasteiger charge is 2.32. The number of likely N-dealkylation sites (N-methyl/N-ethyl adjacent to an activating group) is 1. The Morgan fingerprint density at radius 1 is 1.26 bits per heavy atom. The molecule has 2 aliphatic heterocycles. The summed E-state index contributed by atoms with van der Waals surface area (Å²) in [4.78, 5) is 29.7. The van der Waals surface area contributed by atoms with E-state index < -0.39 is 0 Å². The van der Waals surface area contributed by atoms with Gasteiger partial charge in [-0.25, -0.2) is 0 Å². The molecule has 2 aliphatic rings. The zero-order valence-electron chi connectivity index (χ0n) is 15.4. The Labute approximate surface area is 172 Å². The molecule has 0 atom stereocenters. The van der Waals surface area contributed by atoms with E-state index in [-0.39, 0.29) is 18.3 Å². The van der Waals surface area contributed by atoms with Crippen LogP contribution in [-0.4, -0.2) is 41.8 Å². The number of thioether (sulfide) groups is 2. The maximum absolute atomic E-state index is 12.6. The van der Waals surface area contributed by atoms with Crippen LogP contribution >= 0.6 is 35.7 Å². The van der Waals surface area contributed by atoms with Crippen molar-refractivity contribution >= 4 is 57.6 Å². The number of amides is 1. The highest BCUT2D eigenvalue weighted by molar-refractivity contribution is 8.26. The number of nitrogens with zero attached hydrogens (tertiary/aromatic N) is 2. The fourth-order valence-electron chi connectivity index (χ4n) is 2.89. The molecule has 1 amide bonds. The summed E-state index contributed by atoms with van der Waals surface area (Å²) in [5.74, 6) is -0.349. The molecule has 0 aliphatic carbocycles. The molecule has 8 heteroatoms. The smallest absolute Gasteiger partial charge is 0.305 e. The van der Waals surface area contributed by atoms with Gasteiger partial charge in [-0.1, -0.05) is 47.9 Å². The summed E-state index contributed by atoms with van der Waals surface area (Å²) in [5.41, 5.74) is 2.04. The van der Waals surface area contributed by atoms with E-state index in [1.54, 1.807) is 16.7 Å². The van der Waals surface area contributed by atoms with Gasteiger partial charge >= 0.3 is 5.97 Å². The molecule has 0 spiro atoms. The molecule has 0 unspecified atom stereocenters. The van der Waals surface area contributed by atoms with Crippen LogP contribution in [0.5, 0.6) is 0 Å². The van der Waals surface area contributed by atoms with Gasteiger partial charge in [0.25, 0.3) is 5.91 Å². The number of ether oxygens (including phenoxy) is 1. The van der Waals surface area contributed by atoms with Crippen LogP contribution in [0.4, 0.5) is 5.69 Å². The van der Waals surface area contributed by atoms with Gasteiger partial charge in [-0.05, 0) is 37.1 Å². The molecule has 1 fully saturated rings. The Balaban J connectivity index is 1.98. The quantitative estimate of drug-likeness (QED) is 0.403. The van der Waals surface area contributed by atoms with E-state index >= 15 is 0 Å². The normalized spacial score (nSPS) is 19.7. The van der Waals surface area contributed by atoms with Crippen LogP contribution in [-0.2, 0) is 14.3 Å². The van der Waals surface area contributed by atoms with Crippen LogP contribution in [0.2, 0.25) is 0 Å². The minimum absolute atomic E-state index is 0.0770. The second-order valence-corrected chi connectivity index (χ2v) is 8.67. The Morgan fingerprint density at radius 2 is 2.00 bits per heavy atom. The molecule has 1 aromatic rings. The van der Waals surface area contributed by atoms with Crippen LogP contribution in [0, 0.1) is 0 Å². The first kappa shape index (κ1) is 20.0. The van der Waals surface area contributed by atoms with Gasteiger partial charge in [-0.3, -0.25) is 14.5 Å². The number of anilines is 1. The molecule has 142 valence electrons. The maximum atomic E-state index is 12.6. The van der Waals surface area contributed by atoms with Crippen molar-refractivity contribution in [1.29, 1.82) is 0 Å². The third-order valence-corrected chi connectivity index (χ3v) is 7.01. The second kappa shape index (κ2) is 8.50. The molecule has 0 bridgehead atoms. The molecule has 1 saturated heterocycles. The lowest BCUT2D eigenvalue weighted by molar-refractivity contribution is -0.140. The predicted octanol–water partition coefficient (Wildman–Crippen LogP) is 4.16. The number of esters is 1. The summed E-state index contributed by atoms with van der Waals surface area (Å²) in [5, 5.41) is 1.02. The number of para-hydroxylation sites is 1. The van der Waals surface area contributed by atoms with E-state index in [0.717, 1.165) is 21.2 Å². The number of hydrogen-bond donors (Lipinski definition) is 0. The number of hydrogen-bond acceptors (Lipinski definition) is 7. The lowest BCUT2D eigenvalue weighted by Gasteiger charge is -2.17. The minimum Gasteiger partial charge on any atom is -0.469 e. The van der Waals surface area contributed by atoms with Gasteiger partial charge in [0.1, 0.15) is 4.32 Å². The van der Waals surface area contributed by atoms with Crippen LogP contribution in [0.25, 0.3) is 0 Å². The minimum atomic E-state index is -0.272. The highest BCUT2D eigenvalue weighted by Crippen LogP contribution is 2.47. The molecule has 27 heavy (non-hydrogen) atoms. The third kappa shape index (κ3) is 4.07. The molecule has 0 aromatic heterocycles. The zero-order valence-corrected chi connectivity index (χ0v) is 17.8. The second-order valence-electron chi connectivity index (χ2n) is 5.96. The third-order valence-electron chi connectivity index (χ3n) is 4.33. The topological polar surface area (TPSA) is 49.9 Å². The fraction of sp³-hybridized carbons (Fsp3) is 0.316. The Kier molecular flexibility index (Phi) is 6.29. The van der Waals surface area contributed by atoms with Gasteiger partial charge in [0.05, 0.1) is 22.7 Å². The van der Waals surface area contributed by atoms with E-state index in [1.807, 2.05) is 32.2 Å². The largest absolute Gasteiger partial charge is 0.469 e. The Bertz CT molecular complexity index is 864. The van der Waals surface area contributed by atoms with Gasteiger partial charge in [-0.2, -0.15) is 0 Å². The van der Waals surface area contributed by atoms with Crippen LogP contribution < -0.4 is 4.90 Å². The standard InChI is InChI=1S/C19H20N2O3S3/c1-4-21-17(23)15(27-19(21)25)11-12(9-10-16(22)24-3)18-20(2)13-7-5-6-8-14(13)26-18/h5-8,11H,4,9-10H2,1-3H3/b15-11-,18-12-. The summed E-state index contributed by atoms with van der Waals surface area (Å²) in [6.45, 7) is 2.46. The van der Waals surface area contributed by atoms with Crippen LogP contribution in [0.3, 0.4) is 0 Å². The molecule has 2 heterocycles. The van der Waals surface area contributed by atoms with Crippen molar-refractivity contribution in [2.45, 2.75) is 24.7 Å². The van der Waals surface area contributed by atoms with Crippen molar-refractivity contribution in [3.8, 4) is 0 Å². The number of carbonyl (C=O) groups is 2. The number of carbonyl (C=O) groups excluding carboxylic acids is 2. The number of benzene rings is 1. The molecule has 3 rings (SSSR count). The first-order valence-corrected chi connectivity index (χ1v) is 10.6. The average Bonchev–Trinajstić information content (AvgIpc) is 3.14. The zero-order chi connectivity index (χ0) is 19.6. The summed E-state index contributed by atoms with van der Waals surface area (Å²) in [6, 6.07) is 8.13. The average molecular weight is 421 g/mol. The Hall–Kier alpha value is -1.77. The number of fused-ring (bicyclic) bond motifs is 1. The molecule has 5 nitrogen and oxygen atoms in total. The predicted molar refractivity (Wildman–Crippen MR) is 115 cm³/mol. The van der Waals surface area contributed by atoms with E-state index in [4.69, 9.17) is 17.0 Å². The molecular formula is C19H20N2O3S3. The number of methoxy groups -OCH3 is 1. The molecular weight excluding hydrogens is 400 g/mol. The molecule has 1 aromatic carbocycles. The number of allylic oxidation sites excluding steroid dienone is 2. The highest BCUT2D eigenvalue weighted by atomic mass is 32.2. The van der Waals surface area contributed by atoms with Gasteiger partial charge < -0.3 is 9.64 Å². The van der Waals surface area contributed by atoms with Crippen molar-refractivity contribution in [1.82, 2.24) is 4.90 Å². The van der Waals surface area contributed by atoms with E-state index in [1.165, 1.54) is 18.9 Å². The van der Waals surface area contributed by atoms with Gasteiger partial charge in [-0.15, -0.1) is 0 Å². The summed E-state index contributed by atoms with van der Waals surface area (Å²) < 4.78 is 5.36. The van der Waals surface area contributed by atoms with Crippen molar-refractivity contribution < 1.29 is 14.3 Å². The number of thiocarbonyl (C=S) groups is 1. The molecule has 0 radical (unpaired) electrons. The van der Waals surface area contributed by atoms with Gasteiger partial charge in [0.15, 0.2) is 0 Å². The summed E-state index contributed by atoms with van der Waals surface area (Å²) >= 11 is 8.26. The van der Waals surface area contributed by atoms with Crippen molar-refractivity contribution in [3.63, 3.8) is 0 Å². The SMILES string of the molecule is CCN1C(=O)/C(=C/C(CCC(=O)OC)=C2\Sc3ccccc3N2C)SC1=S. The van der Waals surface area contributed by atoms with E-state index in [2.05, 4.69) is 17.0 Å². The van der Waals surface area contributed by atoms with Crippen molar-refractivity contribution in [3.05, 3.63) is 45.8 Å². The van der Waals surface area contributed by atoms with Crippen molar-refractivity contribution in [2.75, 3.05) is 25.6 Å².